The number of carbonyl (C=O) groups is 2. The molecule has 0 fully saturated rings. The lowest BCUT2D eigenvalue weighted by Gasteiger charge is -2.10. The maximum atomic E-state index is 12.2. The zero-order valence-corrected chi connectivity index (χ0v) is 20.5. The van der Waals surface area contributed by atoms with Crippen LogP contribution in [-0.4, -0.2) is 25.2 Å². The number of ether oxygens (including phenoxy) is 2. The molecule has 3 rings (SSSR count). The van der Waals surface area contributed by atoms with Crippen molar-refractivity contribution in [2.45, 2.75) is 40.5 Å². The van der Waals surface area contributed by atoms with Crippen LogP contribution in [0, 0.1) is 11.8 Å². The first kappa shape index (κ1) is 25.2. The molecule has 4 nitrogen and oxygen atoms in total. The summed E-state index contributed by atoms with van der Waals surface area (Å²) in [4.78, 5) is 24.4. The van der Waals surface area contributed by atoms with Crippen molar-refractivity contribution >= 4 is 11.9 Å². The second-order valence-corrected chi connectivity index (χ2v) is 8.96. The van der Waals surface area contributed by atoms with Crippen LogP contribution in [0.1, 0.15) is 61.3 Å². The van der Waals surface area contributed by atoms with E-state index in [1.165, 1.54) is 0 Å². The van der Waals surface area contributed by atoms with E-state index in [-0.39, 0.29) is 11.9 Å². The zero-order chi connectivity index (χ0) is 24.5. The van der Waals surface area contributed by atoms with Crippen LogP contribution in [0.25, 0.3) is 22.3 Å². The van der Waals surface area contributed by atoms with Gasteiger partial charge in [0.25, 0.3) is 0 Å². The largest absolute Gasteiger partial charge is 0.462 e. The summed E-state index contributed by atoms with van der Waals surface area (Å²) in [7, 11) is 0. The topological polar surface area (TPSA) is 52.6 Å². The highest BCUT2D eigenvalue weighted by Crippen LogP contribution is 2.26. The lowest BCUT2D eigenvalue weighted by atomic mass is 9.99. The van der Waals surface area contributed by atoms with Gasteiger partial charge in [0.1, 0.15) is 0 Å². The van der Waals surface area contributed by atoms with E-state index in [1.54, 1.807) is 24.3 Å². The summed E-state index contributed by atoms with van der Waals surface area (Å²) in [5, 5.41) is 0. The minimum atomic E-state index is -0.283. The minimum Gasteiger partial charge on any atom is -0.462 e. The summed E-state index contributed by atoms with van der Waals surface area (Å²) >= 11 is 0. The summed E-state index contributed by atoms with van der Waals surface area (Å²) < 4.78 is 10.8. The number of esters is 2. The maximum Gasteiger partial charge on any atom is 0.338 e. The van der Waals surface area contributed by atoms with E-state index >= 15 is 0 Å². The first-order valence-corrected chi connectivity index (χ1v) is 12.1. The van der Waals surface area contributed by atoms with Gasteiger partial charge in [-0.15, -0.1) is 0 Å². The van der Waals surface area contributed by atoms with E-state index in [0.717, 1.165) is 35.1 Å². The molecule has 34 heavy (non-hydrogen) atoms. The molecule has 3 aromatic rings. The average Bonchev–Trinajstić information content (AvgIpc) is 2.90. The molecule has 0 unspecified atom stereocenters. The normalized spacial score (nSPS) is 12.6. The van der Waals surface area contributed by atoms with Crippen molar-refractivity contribution in [1.82, 2.24) is 0 Å². The van der Waals surface area contributed by atoms with Crippen LogP contribution < -0.4 is 0 Å². The molecular formula is C30H34O4. The first-order chi connectivity index (χ1) is 16.4. The van der Waals surface area contributed by atoms with Crippen LogP contribution in [0.5, 0.6) is 0 Å². The smallest absolute Gasteiger partial charge is 0.338 e. The second kappa shape index (κ2) is 12.2. The molecule has 0 aromatic heterocycles. The highest BCUT2D eigenvalue weighted by molar-refractivity contribution is 5.91. The van der Waals surface area contributed by atoms with Crippen LogP contribution in [0.4, 0.5) is 0 Å². The van der Waals surface area contributed by atoms with Gasteiger partial charge in [-0.05, 0) is 58.4 Å². The summed E-state index contributed by atoms with van der Waals surface area (Å²) in [6.45, 7) is 9.19. The Labute approximate surface area is 202 Å². The first-order valence-electron chi connectivity index (χ1n) is 12.1. The van der Waals surface area contributed by atoms with Gasteiger partial charge in [0.15, 0.2) is 0 Å². The van der Waals surface area contributed by atoms with Crippen molar-refractivity contribution in [3.05, 3.63) is 83.9 Å². The van der Waals surface area contributed by atoms with Gasteiger partial charge in [-0.2, -0.15) is 0 Å². The highest BCUT2D eigenvalue weighted by Gasteiger charge is 2.11. The Bertz CT molecular complexity index is 978. The SMILES string of the molecule is CC[C@H](C)COC(=O)c1ccc(-c2ccc(-c3ccc(C(=O)OC[C@@H](C)CC)cc3)cc2)cc1. The van der Waals surface area contributed by atoms with E-state index in [9.17, 15) is 9.59 Å². The molecule has 0 saturated carbocycles. The predicted molar refractivity (Wildman–Crippen MR) is 137 cm³/mol. The van der Waals surface area contributed by atoms with E-state index in [4.69, 9.17) is 9.47 Å². The van der Waals surface area contributed by atoms with Crippen LogP contribution in [0.2, 0.25) is 0 Å². The van der Waals surface area contributed by atoms with Crippen LogP contribution in [0.3, 0.4) is 0 Å². The summed E-state index contributed by atoms with van der Waals surface area (Å²) in [6, 6.07) is 23.2. The van der Waals surface area contributed by atoms with Crippen molar-refractivity contribution in [3.63, 3.8) is 0 Å². The number of carbonyl (C=O) groups excluding carboxylic acids is 2. The quantitative estimate of drug-likeness (QED) is 0.297. The molecule has 2 atom stereocenters. The molecule has 0 aliphatic heterocycles. The fourth-order valence-corrected chi connectivity index (χ4v) is 3.29. The Balaban J connectivity index is 1.62. The van der Waals surface area contributed by atoms with Crippen LogP contribution in [-0.2, 0) is 9.47 Å². The molecule has 0 aliphatic carbocycles. The molecule has 4 heteroatoms. The lowest BCUT2D eigenvalue weighted by Crippen LogP contribution is -2.11. The van der Waals surface area contributed by atoms with E-state index in [1.807, 2.05) is 24.3 Å². The van der Waals surface area contributed by atoms with Crippen molar-refractivity contribution in [3.8, 4) is 22.3 Å². The molecule has 0 N–H and O–H groups in total. The van der Waals surface area contributed by atoms with Gasteiger partial charge in [-0.3, -0.25) is 0 Å². The minimum absolute atomic E-state index is 0.283. The number of rotatable bonds is 10. The van der Waals surface area contributed by atoms with E-state index in [2.05, 4.69) is 52.0 Å². The van der Waals surface area contributed by atoms with Gasteiger partial charge in [0, 0.05) is 0 Å². The van der Waals surface area contributed by atoms with Crippen molar-refractivity contribution in [2.75, 3.05) is 13.2 Å². The number of hydrogen-bond acceptors (Lipinski definition) is 4. The predicted octanol–water partition coefficient (Wildman–Crippen LogP) is 7.43. The molecule has 0 saturated heterocycles. The second-order valence-electron chi connectivity index (χ2n) is 8.96. The Hall–Kier alpha value is -3.40. The van der Waals surface area contributed by atoms with Crippen molar-refractivity contribution < 1.29 is 19.1 Å². The zero-order valence-electron chi connectivity index (χ0n) is 20.5. The third kappa shape index (κ3) is 6.80. The summed E-state index contributed by atoms with van der Waals surface area (Å²) in [5.41, 5.74) is 5.31. The molecule has 0 aliphatic rings. The summed E-state index contributed by atoms with van der Waals surface area (Å²) in [6.07, 6.45) is 1.97. The van der Waals surface area contributed by atoms with Crippen LogP contribution in [0.15, 0.2) is 72.8 Å². The van der Waals surface area contributed by atoms with Gasteiger partial charge in [-0.25, -0.2) is 9.59 Å². The molecule has 0 amide bonds. The molecule has 0 spiro atoms. The van der Waals surface area contributed by atoms with Gasteiger partial charge in [0.2, 0.25) is 0 Å². The van der Waals surface area contributed by atoms with Crippen molar-refractivity contribution in [1.29, 1.82) is 0 Å². The Kier molecular flexibility index (Phi) is 9.03. The Morgan fingerprint density at radius 2 is 0.824 bits per heavy atom. The number of benzene rings is 3. The van der Waals surface area contributed by atoms with Gasteiger partial charge >= 0.3 is 11.9 Å². The molecule has 178 valence electrons. The number of hydrogen-bond donors (Lipinski definition) is 0. The van der Waals surface area contributed by atoms with Crippen LogP contribution >= 0.6 is 0 Å². The molecule has 0 bridgehead atoms. The third-order valence-corrected chi connectivity index (χ3v) is 6.18. The van der Waals surface area contributed by atoms with Crippen molar-refractivity contribution in [2.24, 2.45) is 11.8 Å². The lowest BCUT2D eigenvalue weighted by molar-refractivity contribution is 0.0438. The van der Waals surface area contributed by atoms with E-state index in [0.29, 0.717) is 36.2 Å². The Morgan fingerprint density at radius 3 is 1.09 bits per heavy atom. The summed E-state index contributed by atoms with van der Waals surface area (Å²) in [5.74, 6) is 0.159. The third-order valence-electron chi connectivity index (χ3n) is 6.18. The fraction of sp³-hybridized carbons (Fsp3) is 0.333. The fourth-order valence-electron chi connectivity index (χ4n) is 3.29. The van der Waals surface area contributed by atoms with Gasteiger partial charge in [0.05, 0.1) is 24.3 Å². The molecule has 0 radical (unpaired) electrons. The average molecular weight is 459 g/mol. The van der Waals surface area contributed by atoms with E-state index < -0.39 is 0 Å². The van der Waals surface area contributed by atoms with Gasteiger partial charge in [-0.1, -0.05) is 89.1 Å². The Morgan fingerprint density at radius 1 is 0.559 bits per heavy atom. The monoisotopic (exact) mass is 458 g/mol. The standard InChI is InChI=1S/C30H34O4/c1-5-21(3)19-33-29(31)27-15-11-25(12-16-27)23-7-9-24(10-8-23)26-13-17-28(18-14-26)30(32)34-20-22(4)6-2/h7-18,21-22H,5-6,19-20H2,1-4H3/t21-,22-/m0/s1. The molecular weight excluding hydrogens is 424 g/mol. The highest BCUT2D eigenvalue weighted by atomic mass is 16.5. The molecule has 0 heterocycles. The molecule has 3 aromatic carbocycles. The maximum absolute atomic E-state index is 12.2. The van der Waals surface area contributed by atoms with Gasteiger partial charge < -0.3 is 9.47 Å².